The summed E-state index contributed by atoms with van der Waals surface area (Å²) in [5, 5.41) is 5.35. The first-order valence-corrected chi connectivity index (χ1v) is 8.26. The Morgan fingerprint density at radius 1 is 1.27 bits per heavy atom. The molecule has 6 nitrogen and oxygen atoms in total. The summed E-state index contributed by atoms with van der Waals surface area (Å²) in [6.45, 7) is 4.23. The molecule has 0 unspecified atom stereocenters. The largest absolute Gasteiger partial charge is 0.366 e. The van der Waals surface area contributed by atoms with E-state index in [0.717, 1.165) is 27.6 Å². The maximum absolute atomic E-state index is 12.7. The lowest BCUT2D eigenvalue weighted by molar-refractivity contribution is -0.114. The first-order chi connectivity index (χ1) is 12.5. The van der Waals surface area contributed by atoms with Gasteiger partial charge < -0.3 is 10.6 Å². The smallest absolute Gasteiger partial charge is 0.254 e. The number of benzene rings is 2. The number of carbonyl (C=O) groups excluding carboxylic acids is 2. The zero-order valence-corrected chi connectivity index (χ0v) is 14.4. The molecule has 130 valence electrons. The van der Waals surface area contributed by atoms with Crippen molar-refractivity contribution in [2.24, 2.45) is 12.8 Å². The molecule has 0 spiro atoms. The summed E-state index contributed by atoms with van der Waals surface area (Å²) in [5.74, 6) is -0.693. The lowest BCUT2D eigenvalue weighted by Gasteiger charge is -2.15. The Bertz CT molecular complexity index is 1080. The fourth-order valence-electron chi connectivity index (χ4n) is 3.41. The monoisotopic (exact) mass is 346 g/mol. The Labute approximate surface area is 150 Å². The summed E-state index contributed by atoms with van der Waals surface area (Å²) in [6.07, 6.45) is 1.83. The molecule has 1 aliphatic heterocycles. The molecule has 0 radical (unpaired) electrons. The van der Waals surface area contributed by atoms with Crippen LogP contribution in [0.1, 0.15) is 15.9 Å². The number of hydrogen-bond donors (Lipinski definition) is 1. The predicted molar refractivity (Wildman–Crippen MR) is 99.2 cm³/mol. The average Bonchev–Trinajstić information content (AvgIpc) is 3.15. The SMILES string of the molecule is C=C(CN1Cc2c(cccc2-c2ccc3cnn(C)c3c2)C1=O)C(N)=O. The summed E-state index contributed by atoms with van der Waals surface area (Å²) in [5.41, 5.74) is 10.2. The molecule has 0 aliphatic carbocycles. The van der Waals surface area contributed by atoms with Crippen LogP contribution in [0.3, 0.4) is 0 Å². The summed E-state index contributed by atoms with van der Waals surface area (Å²) in [4.78, 5) is 25.5. The molecule has 0 saturated heterocycles. The van der Waals surface area contributed by atoms with Gasteiger partial charge in [0, 0.05) is 30.1 Å². The fourth-order valence-corrected chi connectivity index (χ4v) is 3.41. The van der Waals surface area contributed by atoms with Crippen LogP contribution in [-0.4, -0.2) is 33.0 Å². The molecule has 6 heteroatoms. The van der Waals surface area contributed by atoms with Crippen LogP contribution in [0.15, 0.2) is 54.7 Å². The van der Waals surface area contributed by atoms with E-state index < -0.39 is 5.91 Å². The van der Waals surface area contributed by atoms with Crippen molar-refractivity contribution in [3.8, 4) is 11.1 Å². The third-order valence-electron chi connectivity index (χ3n) is 4.83. The van der Waals surface area contributed by atoms with E-state index in [-0.39, 0.29) is 18.0 Å². The summed E-state index contributed by atoms with van der Waals surface area (Å²) in [6, 6.07) is 11.8. The molecule has 0 fully saturated rings. The van der Waals surface area contributed by atoms with E-state index in [1.54, 1.807) is 4.90 Å². The number of primary amides is 1. The van der Waals surface area contributed by atoms with Crippen molar-refractivity contribution < 1.29 is 9.59 Å². The first kappa shape index (κ1) is 16.1. The molecular weight excluding hydrogens is 328 g/mol. The van der Waals surface area contributed by atoms with Gasteiger partial charge in [-0.05, 0) is 28.8 Å². The van der Waals surface area contributed by atoms with Gasteiger partial charge in [-0.25, -0.2) is 0 Å². The third-order valence-corrected chi connectivity index (χ3v) is 4.83. The van der Waals surface area contributed by atoms with E-state index in [0.29, 0.717) is 12.1 Å². The minimum Gasteiger partial charge on any atom is -0.366 e. The van der Waals surface area contributed by atoms with Crippen molar-refractivity contribution in [1.82, 2.24) is 14.7 Å². The first-order valence-electron chi connectivity index (χ1n) is 8.26. The number of nitrogens with two attached hydrogens (primary N) is 1. The minimum absolute atomic E-state index is 0.106. The number of amides is 2. The molecule has 2 aromatic carbocycles. The molecular formula is C20H18N4O2. The van der Waals surface area contributed by atoms with Gasteiger partial charge in [-0.15, -0.1) is 0 Å². The zero-order chi connectivity index (χ0) is 18.4. The zero-order valence-electron chi connectivity index (χ0n) is 14.4. The molecule has 1 aliphatic rings. The third kappa shape index (κ3) is 2.47. The molecule has 4 rings (SSSR count). The minimum atomic E-state index is -0.587. The van der Waals surface area contributed by atoms with E-state index in [1.165, 1.54) is 0 Å². The van der Waals surface area contributed by atoms with Crippen LogP contribution in [0.2, 0.25) is 0 Å². The summed E-state index contributed by atoms with van der Waals surface area (Å²) < 4.78 is 1.83. The molecule has 3 aromatic rings. The highest BCUT2D eigenvalue weighted by Gasteiger charge is 2.30. The van der Waals surface area contributed by atoms with Gasteiger partial charge in [-0.2, -0.15) is 5.10 Å². The number of rotatable bonds is 4. The Hall–Kier alpha value is -3.41. The lowest BCUT2D eigenvalue weighted by atomic mass is 9.96. The molecule has 0 atom stereocenters. The van der Waals surface area contributed by atoms with Gasteiger partial charge in [0.15, 0.2) is 0 Å². The number of hydrogen-bond acceptors (Lipinski definition) is 3. The molecule has 0 saturated carbocycles. The standard InChI is InChI=1S/C20H18N4O2/c1-12(19(21)25)10-24-11-17-15(4-3-5-16(17)20(24)26)13-6-7-14-9-22-23(2)18(14)8-13/h3-9H,1,10-11H2,2H3,(H2,21,25). The highest BCUT2D eigenvalue weighted by molar-refractivity contribution is 6.02. The van der Waals surface area contributed by atoms with Gasteiger partial charge in [0.1, 0.15) is 0 Å². The highest BCUT2D eigenvalue weighted by Crippen LogP contribution is 2.34. The van der Waals surface area contributed by atoms with Crippen molar-refractivity contribution in [3.05, 3.63) is 65.9 Å². The Kier molecular flexibility index (Phi) is 3.61. The van der Waals surface area contributed by atoms with Crippen molar-refractivity contribution >= 4 is 22.7 Å². The Balaban J connectivity index is 1.75. The van der Waals surface area contributed by atoms with Gasteiger partial charge in [0.2, 0.25) is 5.91 Å². The number of carbonyl (C=O) groups is 2. The van der Waals surface area contributed by atoms with Crippen molar-refractivity contribution in [2.75, 3.05) is 6.54 Å². The number of aryl methyl sites for hydroxylation is 1. The van der Waals surface area contributed by atoms with E-state index >= 15 is 0 Å². The van der Waals surface area contributed by atoms with E-state index in [4.69, 9.17) is 5.73 Å². The number of aromatic nitrogens is 2. The van der Waals surface area contributed by atoms with Crippen LogP contribution in [-0.2, 0) is 18.4 Å². The van der Waals surface area contributed by atoms with Gasteiger partial charge in [0.25, 0.3) is 5.91 Å². The topological polar surface area (TPSA) is 81.2 Å². The Morgan fingerprint density at radius 3 is 2.81 bits per heavy atom. The molecule has 2 amide bonds. The second-order valence-corrected chi connectivity index (χ2v) is 6.50. The van der Waals surface area contributed by atoms with Crippen molar-refractivity contribution in [1.29, 1.82) is 0 Å². The van der Waals surface area contributed by atoms with Crippen LogP contribution >= 0.6 is 0 Å². The van der Waals surface area contributed by atoms with Crippen LogP contribution in [0.5, 0.6) is 0 Å². The van der Waals surface area contributed by atoms with Crippen LogP contribution in [0, 0.1) is 0 Å². The molecule has 1 aromatic heterocycles. The quantitative estimate of drug-likeness (QED) is 0.736. The molecule has 26 heavy (non-hydrogen) atoms. The molecule has 2 N–H and O–H groups in total. The summed E-state index contributed by atoms with van der Waals surface area (Å²) in [7, 11) is 1.90. The normalized spacial score (nSPS) is 13.3. The van der Waals surface area contributed by atoms with E-state index in [9.17, 15) is 9.59 Å². The second kappa shape index (κ2) is 5.84. The van der Waals surface area contributed by atoms with E-state index in [1.807, 2.05) is 48.3 Å². The summed E-state index contributed by atoms with van der Waals surface area (Å²) >= 11 is 0. The van der Waals surface area contributed by atoms with Crippen LogP contribution < -0.4 is 5.73 Å². The van der Waals surface area contributed by atoms with E-state index in [2.05, 4.69) is 17.7 Å². The highest BCUT2D eigenvalue weighted by atomic mass is 16.2. The van der Waals surface area contributed by atoms with Gasteiger partial charge in [-0.1, -0.05) is 30.8 Å². The number of fused-ring (bicyclic) bond motifs is 2. The predicted octanol–water partition coefficient (Wildman–Crippen LogP) is 2.24. The van der Waals surface area contributed by atoms with Gasteiger partial charge in [-0.3, -0.25) is 14.3 Å². The maximum atomic E-state index is 12.7. The van der Waals surface area contributed by atoms with Gasteiger partial charge in [0.05, 0.1) is 18.3 Å². The van der Waals surface area contributed by atoms with Crippen LogP contribution in [0.25, 0.3) is 22.0 Å². The lowest BCUT2D eigenvalue weighted by Crippen LogP contribution is -2.30. The van der Waals surface area contributed by atoms with Crippen LogP contribution in [0.4, 0.5) is 0 Å². The second-order valence-electron chi connectivity index (χ2n) is 6.50. The maximum Gasteiger partial charge on any atom is 0.254 e. The average molecular weight is 346 g/mol. The molecule has 2 heterocycles. The van der Waals surface area contributed by atoms with Crippen molar-refractivity contribution in [2.45, 2.75) is 6.54 Å². The molecule has 0 bridgehead atoms. The van der Waals surface area contributed by atoms with Gasteiger partial charge >= 0.3 is 0 Å². The fraction of sp³-hybridized carbons (Fsp3) is 0.150. The number of nitrogens with zero attached hydrogens (tertiary/aromatic N) is 3. The van der Waals surface area contributed by atoms with Crippen molar-refractivity contribution in [3.63, 3.8) is 0 Å². The Morgan fingerprint density at radius 2 is 2.04 bits per heavy atom.